The second-order valence-electron chi connectivity index (χ2n) is 2.93. The number of hydrogen-bond donors (Lipinski definition) is 0. The molecular formula is C10H9FN2O. The van der Waals surface area contributed by atoms with Crippen LogP contribution in [0.4, 0.5) is 4.39 Å². The highest BCUT2D eigenvalue weighted by Gasteiger charge is 2.16. The third kappa shape index (κ3) is 1.51. The first-order valence-electron chi connectivity index (χ1n) is 4.26. The van der Waals surface area contributed by atoms with Crippen molar-refractivity contribution in [2.75, 3.05) is 6.61 Å². The zero-order valence-electron chi connectivity index (χ0n) is 7.53. The van der Waals surface area contributed by atoms with Gasteiger partial charge in [0.25, 0.3) is 0 Å². The first-order chi connectivity index (χ1) is 6.81. The zero-order chi connectivity index (χ0) is 9.97. The van der Waals surface area contributed by atoms with Gasteiger partial charge in [-0.15, -0.1) is 0 Å². The predicted octanol–water partition coefficient (Wildman–Crippen LogP) is 2.01. The van der Waals surface area contributed by atoms with Crippen molar-refractivity contribution in [1.82, 2.24) is 0 Å². The molecule has 1 heterocycles. The van der Waals surface area contributed by atoms with Crippen LogP contribution in [0.5, 0.6) is 5.75 Å². The number of halogens is 1. The lowest BCUT2D eigenvalue weighted by molar-refractivity contribution is 0.318. The molecule has 0 aromatic heterocycles. The average molecular weight is 192 g/mol. The summed E-state index contributed by atoms with van der Waals surface area (Å²) in [5.74, 6) is 0.218. The molecule has 0 N–H and O–H groups in total. The minimum Gasteiger partial charge on any atom is -0.492 e. The summed E-state index contributed by atoms with van der Waals surface area (Å²) in [6, 6.07) is 4.38. The maximum Gasteiger partial charge on any atom is 0.131 e. The van der Waals surface area contributed by atoms with Crippen LogP contribution in [0.1, 0.15) is 12.0 Å². The zero-order valence-corrected chi connectivity index (χ0v) is 7.53. The van der Waals surface area contributed by atoms with Crippen molar-refractivity contribution < 1.29 is 9.13 Å². The predicted molar refractivity (Wildman–Crippen MR) is 52.6 cm³/mol. The summed E-state index contributed by atoms with van der Waals surface area (Å²) in [7, 11) is 0. The van der Waals surface area contributed by atoms with Crippen molar-refractivity contribution in [2.45, 2.75) is 6.42 Å². The molecule has 0 fully saturated rings. The van der Waals surface area contributed by atoms with E-state index in [0.29, 0.717) is 18.8 Å². The van der Waals surface area contributed by atoms with Crippen molar-refractivity contribution in [3.8, 4) is 5.75 Å². The van der Waals surface area contributed by atoms with Gasteiger partial charge in [-0.2, -0.15) is 10.2 Å². The van der Waals surface area contributed by atoms with E-state index in [1.807, 2.05) is 0 Å². The molecule has 0 saturated heterocycles. The van der Waals surface area contributed by atoms with Crippen molar-refractivity contribution in [2.24, 2.45) is 10.2 Å². The fourth-order valence-electron chi connectivity index (χ4n) is 1.44. The minimum atomic E-state index is -0.309. The Hall–Kier alpha value is -1.71. The van der Waals surface area contributed by atoms with Crippen LogP contribution in [0.3, 0.4) is 0 Å². The Morgan fingerprint density at radius 3 is 3.07 bits per heavy atom. The summed E-state index contributed by atoms with van der Waals surface area (Å²) in [6.45, 7) is 3.80. The van der Waals surface area contributed by atoms with Gasteiger partial charge in [0.2, 0.25) is 0 Å². The van der Waals surface area contributed by atoms with Crippen molar-refractivity contribution >= 4 is 12.4 Å². The Bertz CT molecular complexity index is 401. The van der Waals surface area contributed by atoms with Gasteiger partial charge >= 0.3 is 0 Å². The lowest BCUT2D eigenvalue weighted by Crippen LogP contribution is -2.16. The van der Waals surface area contributed by atoms with Gasteiger partial charge in [0.1, 0.15) is 11.6 Å². The summed E-state index contributed by atoms with van der Waals surface area (Å²) in [6.07, 6.45) is 0.678. The molecule has 0 atom stereocenters. The summed E-state index contributed by atoms with van der Waals surface area (Å²) in [5.41, 5.74) is 1.59. The van der Waals surface area contributed by atoms with Gasteiger partial charge in [-0.25, -0.2) is 4.39 Å². The lowest BCUT2D eigenvalue weighted by atomic mass is 10.0. The average Bonchev–Trinajstić information content (AvgIpc) is 2.18. The topological polar surface area (TPSA) is 34.0 Å². The molecule has 0 amide bonds. The second-order valence-corrected chi connectivity index (χ2v) is 2.93. The standard InChI is InChI=1S/C10H9FN2O/c1-12-13-9-4-5-14-10-6-7(11)2-3-8(9)10/h2-3,6H,1,4-5H2/b13-9+. The molecule has 1 aliphatic rings. The second kappa shape index (κ2) is 3.57. The first kappa shape index (κ1) is 8.87. The monoisotopic (exact) mass is 192 g/mol. The van der Waals surface area contributed by atoms with Crippen molar-refractivity contribution in [1.29, 1.82) is 0 Å². The van der Waals surface area contributed by atoms with Crippen molar-refractivity contribution in [3.63, 3.8) is 0 Å². The number of ether oxygens (including phenoxy) is 1. The van der Waals surface area contributed by atoms with E-state index in [1.165, 1.54) is 12.1 Å². The number of rotatable bonds is 1. The van der Waals surface area contributed by atoms with Gasteiger partial charge in [0.15, 0.2) is 0 Å². The number of nitrogens with zero attached hydrogens (tertiary/aromatic N) is 2. The molecule has 4 heteroatoms. The van der Waals surface area contributed by atoms with Gasteiger partial charge in [-0.05, 0) is 12.1 Å². The van der Waals surface area contributed by atoms with E-state index >= 15 is 0 Å². The Kier molecular flexibility index (Phi) is 2.26. The van der Waals surface area contributed by atoms with Crippen molar-refractivity contribution in [3.05, 3.63) is 29.6 Å². The maximum atomic E-state index is 12.9. The van der Waals surface area contributed by atoms with Crippen LogP contribution >= 0.6 is 0 Å². The van der Waals surface area contributed by atoms with E-state index in [9.17, 15) is 4.39 Å². The number of benzene rings is 1. The van der Waals surface area contributed by atoms with E-state index in [4.69, 9.17) is 4.74 Å². The largest absolute Gasteiger partial charge is 0.492 e. The van der Waals surface area contributed by atoms with E-state index < -0.39 is 0 Å². The molecule has 1 aromatic carbocycles. The molecule has 0 spiro atoms. The third-order valence-corrected chi connectivity index (χ3v) is 2.04. The molecule has 0 bridgehead atoms. The fraction of sp³-hybridized carbons (Fsp3) is 0.200. The smallest absolute Gasteiger partial charge is 0.131 e. The quantitative estimate of drug-likeness (QED) is 0.495. The normalized spacial score (nSPS) is 17.4. The van der Waals surface area contributed by atoms with Gasteiger partial charge < -0.3 is 4.74 Å². The summed E-state index contributed by atoms with van der Waals surface area (Å²) in [5, 5.41) is 7.35. The van der Waals surface area contributed by atoms with Gasteiger partial charge in [-0.3, -0.25) is 0 Å². The van der Waals surface area contributed by atoms with Crippen LogP contribution in [0.25, 0.3) is 0 Å². The molecule has 0 radical (unpaired) electrons. The van der Waals surface area contributed by atoms with Gasteiger partial charge in [0.05, 0.1) is 12.3 Å². The molecule has 14 heavy (non-hydrogen) atoms. The molecule has 1 aromatic rings. The van der Waals surface area contributed by atoms with Crippen LogP contribution in [0.15, 0.2) is 28.4 Å². The van der Waals surface area contributed by atoms with Crippen LogP contribution in [0, 0.1) is 5.82 Å². The van der Waals surface area contributed by atoms with Crippen LogP contribution in [0.2, 0.25) is 0 Å². The van der Waals surface area contributed by atoms with E-state index in [0.717, 1.165) is 11.3 Å². The Morgan fingerprint density at radius 1 is 1.43 bits per heavy atom. The number of hydrogen-bond acceptors (Lipinski definition) is 3. The fourth-order valence-corrected chi connectivity index (χ4v) is 1.44. The highest BCUT2D eigenvalue weighted by atomic mass is 19.1. The summed E-state index contributed by atoms with van der Waals surface area (Å²) in [4.78, 5) is 0. The molecule has 1 aliphatic heterocycles. The molecule has 2 rings (SSSR count). The molecule has 0 aliphatic carbocycles. The van der Waals surface area contributed by atoms with Gasteiger partial charge in [0, 0.05) is 24.8 Å². The first-order valence-corrected chi connectivity index (χ1v) is 4.26. The molecule has 72 valence electrons. The van der Waals surface area contributed by atoms with E-state index in [1.54, 1.807) is 6.07 Å². The SMILES string of the molecule is C=N/N=C1\CCOc2cc(F)ccc21. The number of fused-ring (bicyclic) bond motifs is 1. The Labute approximate surface area is 80.9 Å². The molecule has 3 nitrogen and oxygen atoms in total. The van der Waals surface area contributed by atoms with E-state index in [2.05, 4.69) is 16.9 Å². The van der Waals surface area contributed by atoms with E-state index in [-0.39, 0.29) is 5.82 Å². The highest BCUT2D eigenvalue weighted by molar-refractivity contribution is 6.03. The third-order valence-electron chi connectivity index (χ3n) is 2.04. The highest BCUT2D eigenvalue weighted by Crippen LogP contribution is 2.25. The maximum absolute atomic E-state index is 12.9. The Morgan fingerprint density at radius 2 is 2.29 bits per heavy atom. The van der Waals surface area contributed by atoms with Crippen LogP contribution in [-0.4, -0.2) is 19.0 Å². The molecule has 0 saturated carbocycles. The van der Waals surface area contributed by atoms with Crippen LogP contribution in [-0.2, 0) is 0 Å². The van der Waals surface area contributed by atoms with Crippen LogP contribution < -0.4 is 4.74 Å². The summed E-state index contributed by atoms with van der Waals surface area (Å²) >= 11 is 0. The Balaban J connectivity index is 2.50. The molecular weight excluding hydrogens is 183 g/mol. The summed E-state index contributed by atoms with van der Waals surface area (Å²) < 4.78 is 18.1. The molecule has 0 unspecified atom stereocenters. The minimum absolute atomic E-state index is 0.309. The lowest BCUT2D eigenvalue weighted by Gasteiger charge is -2.17. The van der Waals surface area contributed by atoms with Gasteiger partial charge in [-0.1, -0.05) is 0 Å².